The number of sulfonamides is 1. The van der Waals surface area contributed by atoms with Gasteiger partial charge in [0.2, 0.25) is 15.9 Å². The van der Waals surface area contributed by atoms with E-state index in [2.05, 4.69) is 4.90 Å². The normalized spacial score (nSPS) is 26.1. The molecule has 10 heteroatoms. The Labute approximate surface area is 192 Å². The monoisotopic (exact) mass is 482 g/mol. The van der Waals surface area contributed by atoms with E-state index in [9.17, 15) is 13.2 Å². The van der Waals surface area contributed by atoms with Gasteiger partial charge in [-0.05, 0) is 31.7 Å². The van der Waals surface area contributed by atoms with Crippen molar-refractivity contribution in [1.82, 2.24) is 14.2 Å². The fourth-order valence-electron chi connectivity index (χ4n) is 4.71. The molecule has 1 amide bonds. The van der Waals surface area contributed by atoms with Crippen LogP contribution in [0.25, 0.3) is 11.3 Å². The number of benzene rings is 1. The number of aromatic nitrogens is 1. The van der Waals surface area contributed by atoms with Crippen LogP contribution >= 0.6 is 22.9 Å². The van der Waals surface area contributed by atoms with Gasteiger partial charge in [-0.2, -0.15) is 4.31 Å². The first-order chi connectivity index (χ1) is 14.7. The summed E-state index contributed by atoms with van der Waals surface area (Å²) in [5.41, 5.74) is 6.78. The molecular weight excluding hydrogens is 456 g/mol. The van der Waals surface area contributed by atoms with E-state index in [0.29, 0.717) is 37.0 Å². The quantitative estimate of drug-likeness (QED) is 0.706. The predicted molar refractivity (Wildman–Crippen MR) is 124 cm³/mol. The van der Waals surface area contributed by atoms with Gasteiger partial charge in [-0.3, -0.25) is 9.69 Å². The van der Waals surface area contributed by atoms with Crippen molar-refractivity contribution < 1.29 is 13.2 Å². The second-order valence-electron chi connectivity index (χ2n) is 8.39. The Balaban J connectivity index is 1.47. The number of carbonyl (C=O) groups excluding carboxylic acids is 1. The van der Waals surface area contributed by atoms with Crippen molar-refractivity contribution in [1.29, 1.82) is 0 Å². The van der Waals surface area contributed by atoms with Gasteiger partial charge in [0.15, 0.2) is 0 Å². The van der Waals surface area contributed by atoms with Crippen LogP contribution in [0.15, 0.2) is 29.6 Å². The summed E-state index contributed by atoms with van der Waals surface area (Å²) in [5, 5.41) is 3.33. The van der Waals surface area contributed by atoms with Gasteiger partial charge in [0.25, 0.3) is 0 Å². The third-order valence-corrected chi connectivity index (χ3v) is 9.28. The first-order valence-electron chi connectivity index (χ1n) is 10.4. The van der Waals surface area contributed by atoms with Crippen LogP contribution in [0.3, 0.4) is 0 Å². The maximum Gasteiger partial charge on any atom is 0.230 e. The Morgan fingerprint density at radius 3 is 2.42 bits per heavy atom. The van der Waals surface area contributed by atoms with Crippen LogP contribution in [0.5, 0.6) is 0 Å². The van der Waals surface area contributed by atoms with Gasteiger partial charge in [-0.25, -0.2) is 13.4 Å². The first-order valence-corrected chi connectivity index (χ1v) is 13.5. The Kier molecular flexibility index (Phi) is 6.42. The maximum atomic E-state index is 12.6. The Morgan fingerprint density at radius 2 is 1.84 bits per heavy atom. The van der Waals surface area contributed by atoms with E-state index in [1.165, 1.54) is 21.9 Å². The van der Waals surface area contributed by atoms with Crippen molar-refractivity contribution in [2.45, 2.75) is 37.1 Å². The number of primary amides is 1. The fourth-order valence-corrected chi connectivity index (χ4v) is 6.86. The van der Waals surface area contributed by atoms with Crippen molar-refractivity contribution in [2.24, 2.45) is 5.73 Å². The van der Waals surface area contributed by atoms with Crippen molar-refractivity contribution >= 4 is 38.9 Å². The highest BCUT2D eigenvalue weighted by molar-refractivity contribution is 7.88. The standard InChI is InChI=1S/C21H27ClN4O3S2/c1-31(28,29)26-12-10-25(11-13-26)15-6-8-21(9-7-15,19(23)27)20-24-18(14-30-20)16-4-2-3-5-17(16)22/h2-5,14-15H,6-13H2,1H3,(H2,23,27). The number of hydrogen-bond donors (Lipinski definition) is 1. The van der Waals surface area contributed by atoms with Gasteiger partial charge in [0.05, 0.1) is 11.9 Å². The van der Waals surface area contributed by atoms with E-state index in [1.807, 2.05) is 29.6 Å². The molecule has 2 aliphatic rings. The first kappa shape index (κ1) is 22.7. The zero-order chi connectivity index (χ0) is 22.2. The minimum absolute atomic E-state index is 0.326. The van der Waals surface area contributed by atoms with E-state index >= 15 is 0 Å². The van der Waals surface area contributed by atoms with Crippen LogP contribution in [0.2, 0.25) is 5.02 Å². The predicted octanol–water partition coefficient (Wildman–Crippen LogP) is 2.71. The molecule has 4 rings (SSSR count). The van der Waals surface area contributed by atoms with Gasteiger partial charge in [-0.15, -0.1) is 11.3 Å². The van der Waals surface area contributed by atoms with Crippen molar-refractivity contribution in [2.75, 3.05) is 32.4 Å². The highest BCUT2D eigenvalue weighted by Crippen LogP contribution is 2.43. The van der Waals surface area contributed by atoms with Gasteiger partial charge in [0.1, 0.15) is 10.4 Å². The zero-order valence-corrected chi connectivity index (χ0v) is 19.8. The molecule has 168 valence electrons. The third-order valence-electron chi connectivity index (χ3n) is 6.60. The van der Waals surface area contributed by atoms with Crippen molar-refractivity contribution in [3.8, 4) is 11.3 Å². The van der Waals surface area contributed by atoms with Gasteiger partial charge >= 0.3 is 0 Å². The van der Waals surface area contributed by atoms with Crippen LogP contribution in [0, 0.1) is 0 Å². The molecule has 31 heavy (non-hydrogen) atoms. The number of amides is 1. The number of rotatable bonds is 5. The molecular formula is C21H27ClN4O3S2. The molecule has 0 spiro atoms. The highest BCUT2D eigenvalue weighted by Gasteiger charge is 2.45. The molecule has 1 aromatic carbocycles. The molecule has 0 unspecified atom stereocenters. The summed E-state index contributed by atoms with van der Waals surface area (Å²) >= 11 is 7.79. The molecule has 1 saturated carbocycles. The van der Waals surface area contributed by atoms with E-state index in [-0.39, 0.29) is 5.91 Å². The zero-order valence-electron chi connectivity index (χ0n) is 17.5. The summed E-state index contributed by atoms with van der Waals surface area (Å²) in [7, 11) is -3.14. The number of hydrogen-bond acceptors (Lipinski definition) is 6. The maximum absolute atomic E-state index is 12.6. The lowest BCUT2D eigenvalue weighted by molar-refractivity contribution is -0.125. The number of piperazine rings is 1. The van der Waals surface area contributed by atoms with Crippen molar-refractivity contribution in [3.63, 3.8) is 0 Å². The summed E-state index contributed by atoms with van der Waals surface area (Å²) in [6.07, 6.45) is 4.23. The topological polar surface area (TPSA) is 96.6 Å². The molecule has 1 aliphatic heterocycles. The second-order valence-corrected chi connectivity index (χ2v) is 11.6. The summed E-state index contributed by atoms with van der Waals surface area (Å²) in [5.74, 6) is -0.326. The van der Waals surface area contributed by atoms with E-state index in [1.54, 1.807) is 0 Å². The molecule has 2 N–H and O–H groups in total. The molecule has 0 radical (unpaired) electrons. The number of thiazole rings is 1. The molecule has 7 nitrogen and oxygen atoms in total. The lowest BCUT2D eigenvalue weighted by Crippen LogP contribution is -2.54. The second kappa shape index (κ2) is 8.78. The van der Waals surface area contributed by atoms with Gasteiger partial charge in [0, 0.05) is 48.2 Å². The Bertz CT molecular complexity index is 1060. The van der Waals surface area contributed by atoms with E-state index < -0.39 is 15.4 Å². The number of nitrogens with zero attached hydrogens (tertiary/aromatic N) is 3. The van der Waals surface area contributed by atoms with Crippen LogP contribution < -0.4 is 5.73 Å². The average Bonchev–Trinajstić information content (AvgIpc) is 3.24. The molecule has 1 aromatic heterocycles. The Morgan fingerprint density at radius 1 is 1.19 bits per heavy atom. The summed E-state index contributed by atoms with van der Waals surface area (Å²) in [4.78, 5) is 19.7. The highest BCUT2D eigenvalue weighted by atomic mass is 35.5. The third kappa shape index (κ3) is 4.52. The SMILES string of the molecule is CS(=O)(=O)N1CCN(C2CCC(C(N)=O)(c3nc(-c4ccccc4Cl)cs3)CC2)CC1. The van der Waals surface area contributed by atoms with E-state index in [0.717, 1.165) is 42.2 Å². The number of carbonyl (C=O) groups is 1. The molecule has 1 saturated heterocycles. The molecule has 0 bridgehead atoms. The Hall–Kier alpha value is -1.52. The smallest absolute Gasteiger partial charge is 0.230 e. The number of halogens is 1. The van der Waals surface area contributed by atoms with Crippen LogP contribution in [0.1, 0.15) is 30.7 Å². The average molecular weight is 483 g/mol. The number of nitrogens with two attached hydrogens (primary N) is 1. The molecule has 0 atom stereocenters. The summed E-state index contributed by atoms with van der Waals surface area (Å²) < 4.78 is 25.0. The van der Waals surface area contributed by atoms with Gasteiger partial charge in [-0.1, -0.05) is 29.8 Å². The van der Waals surface area contributed by atoms with Crippen LogP contribution in [0.4, 0.5) is 0 Å². The lowest BCUT2D eigenvalue weighted by Gasteiger charge is -2.43. The minimum atomic E-state index is -3.14. The summed E-state index contributed by atoms with van der Waals surface area (Å²) in [6, 6.07) is 7.87. The minimum Gasteiger partial charge on any atom is -0.369 e. The van der Waals surface area contributed by atoms with Crippen molar-refractivity contribution in [3.05, 3.63) is 39.7 Å². The summed E-state index contributed by atoms with van der Waals surface area (Å²) in [6.45, 7) is 2.47. The van der Waals surface area contributed by atoms with Gasteiger partial charge < -0.3 is 5.73 Å². The molecule has 2 heterocycles. The van der Waals surface area contributed by atoms with Crippen LogP contribution in [-0.4, -0.2) is 67.0 Å². The fraction of sp³-hybridized carbons (Fsp3) is 0.524. The van der Waals surface area contributed by atoms with E-state index in [4.69, 9.17) is 22.3 Å². The molecule has 1 aliphatic carbocycles. The molecule has 2 aromatic rings. The molecule has 2 fully saturated rings. The van der Waals surface area contributed by atoms with Crippen LogP contribution in [-0.2, 0) is 20.2 Å². The lowest BCUT2D eigenvalue weighted by atomic mass is 9.72. The largest absolute Gasteiger partial charge is 0.369 e.